The molecule has 112 valence electrons. The Kier molecular flexibility index (Phi) is 3.41. The predicted octanol–water partition coefficient (Wildman–Crippen LogP) is 3.30. The Morgan fingerprint density at radius 3 is 2.59 bits per heavy atom. The molecular formula is C15H10ClF2N3O. The second-order valence-electron chi connectivity index (χ2n) is 4.81. The molecule has 0 spiro atoms. The van der Waals surface area contributed by atoms with Crippen molar-refractivity contribution >= 4 is 17.2 Å². The highest BCUT2D eigenvalue weighted by Crippen LogP contribution is 2.27. The summed E-state index contributed by atoms with van der Waals surface area (Å²) in [5.41, 5.74) is 0.777. The molecule has 7 heteroatoms. The third-order valence-corrected chi connectivity index (χ3v) is 3.78. The van der Waals surface area contributed by atoms with Crippen LogP contribution in [0.1, 0.15) is 11.3 Å². The van der Waals surface area contributed by atoms with Gasteiger partial charge in [0.1, 0.15) is 5.65 Å². The monoisotopic (exact) mass is 321 g/mol. The molecule has 3 aromatic rings. The SMILES string of the molecule is Cc1nc2ccnc(-c3ccc(Cl)c(F)c3F)n2c(=O)c1C. The molecule has 0 saturated carbocycles. The fourth-order valence-electron chi connectivity index (χ4n) is 2.17. The zero-order chi connectivity index (χ0) is 16.0. The van der Waals surface area contributed by atoms with Crippen LogP contribution in [0, 0.1) is 25.5 Å². The summed E-state index contributed by atoms with van der Waals surface area (Å²) in [4.78, 5) is 20.7. The van der Waals surface area contributed by atoms with Crippen molar-refractivity contribution in [1.29, 1.82) is 0 Å². The van der Waals surface area contributed by atoms with E-state index in [1.54, 1.807) is 13.8 Å². The molecular weight excluding hydrogens is 312 g/mol. The van der Waals surface area contributed by atoms with Crippen molar-refractivity contribution in [2.24, 2.45) is 0 Å². The van der Waals surface area contributed by atoms with Gasteiger partial charge in [0.15, 0.2) is 17.5 Å². The average Bonchev–Trinajstić information content (AvgIpc) is 2.50. The first kappa shape index (κ1) is 14.6. The Hall–Kier alpha value is -2.34. The third kappa shape index (κ3) is 2.07. The minimum Gasteiger partial charge on any atom is -0.269 e. The number of rotatable bonds is 1. The minimum atomic E-state index is -1.18. The number of benzene rings is 1. The number of aryl methyl sites for hydroxylation is 1. The molecule has 0 bridgehead atoms. The lowest BCUT2D eigenvalue weighted by atomic mass is 10.1. The van der Waals surface area contributed by atoms with Crippen LogP contribution in [0.2, 0.25) is 5.02 Å². The number of fused-ring (bicyclic) bond motifs is 1. The van der Waals surface area contributed by atoms with Gasteiger partial charge in [-0.05, 0) is 32.0 Å². The second-order valence-corrected chi connectivity index (χ2v) is 5.22. The molecule has 0 radical (unpaired) electrons. The van der Waals surface area contributed by atoms with Crippen LogP contribution in [0.3, 0.4) is 0 Å². The van der Waals surface area contributed by atoms with E-state index >= 15 is 0 Å². The van der Waals surface area contributed by atoms with E-state index in [-0.39, 0.29) is 22.0 Å². The van der Waals surface area contributed by atoms with Gasteiger partial charge in [-0.15, -0.1) is 0 Å². The summed E-state index contributed by atoms with van der Waals surface area (Å²) in [6.45, 7) is 3.33. The summed E-state index contributed by atoms with van der Waals surface area (Å²) in [5.74, 6) is -2.35. The summed E-state index contributed by atoms with van der Waals surface area (Å²) in [6.07, 6.45) is 1.39. The maximum atomic E-state index is 14.2. The van der Waals surface area contributed by atoms with Gasteiger partial charge < -0.3 is 0 Å². The number of nitrogens with zero attached hydrogens (tertiary/aromatic N) is 3. The molecule has 0 aliphatic carbocycles. The summed E-state index contributed by atoms with van der Waals surface area (Å²) >= 11 is 5.55. The molecule has 0 N–H and O–H groups in total. The van der Waals surface area contributed by atoms with E-state index in [4.69, 9.17) is 11.6 Å². The van der Waals surface area contributed by atoms with Crippen LogP contribution in [0.25, 0.3) is 17.0 Å². The Morgan fingerprint density at radius 2 is 1.86 bits per heavy atom. The van der Waals surface area contributed by atoms with Crippen molar-refractivity contribution in [3.63, 3.8) is 0 Å². The van der Waals surface area contributed by atoms with Gasteiger partial charge in [-0.3, -0.25) is 4.79 Å². The summed E-state index contributed by atoms with van der Waals surface area (Å²) in [6, 6.07) is 4.03. The van der Waals surface area contributed by atoms with Crippen LogP contribution >= 0.6 is 11.6 Å². The quantitative estimate of drug-likeness (QED) is 0.646. The van der Waals surface area contributed by atoms with Gasteiger partial charge in [-0.25, -0.2) is 23.1 Å². The predicted molar refractivity (Wildman–Crippen MR) is 79.1 cm³/mol. The Balaban J connectivity index is 2.45. The number of halogens is 3. The minimum absolute atomic E-state index is 0.0221. The molecule has 4 nitrogen and oxygen atoms in total. The first-order valence-corrected chi connectivity index (χ1v) is 6.78. The van der Waals surface area contributed by atoms with E-state index in [1.807, 2.05) is 0 Å². The van der Waals surface area contributed by atoms with Crippen molar-refractivity contribution in [1.82, 2.24) is 14.4 Å². The molecule has 2 heterocycles. The van der Waals surface area contributed by atoms with Crippen molar-refractivity contribution in [2.45, 2.75) is 13.8 Å². The largest absolute Gasteiger partial charge is 0.269 e. The van der Waals surface area contributed by atoms with Crippen molar-refractivity contribution in [3.8, 4) is 11.4 Å². The van der Waals surface area contributed by atoms with E-state index in [0.29, 0.717) is 16.9 Å². The standard InChI is InChI=1S/C15H10ClF2N3O/c1-7-8(2)20-11-5-6-19-14(21(11)15(7)22)9-3-4-10(16)13(18)12(9)17/h3-6H,1-2H3. The van der Waals surface area contributed by atoms with Crippen LogP contribution in [0.5, 0.6) is 0 Å². The van der Waals surface area contributed by atoms with Crippen molar-refractivity contribution in [3.05, 3.63) is 62.7 Å². The first-order valence-electron chi connectivity index (χ1n) is 6.40. The van der Waals surface area contributed by atoms with Crippen LogP contribution in [0.4, 0.5) is 8.78 Å². The smallest absolute Gasteiger partial charge is 0.262 e. The van der Waals surface area contributed by atoms with E-state index in [1.165, 1.54) is 24.4 Å². The van der Waals surface area contributed by atoms with Gasteiger partial charge in [-0.2, -0.15) is 0 Å². The zero-order valence-corrected chi connectivity index (χ0v) is 12.4. The number of hydrogen-bond acceptors (Lipinski definition) is 3. The van der Waals surface area contributed by atoms with E-state index in [9.17, 15) is 13.6 Å². The highest BCUT2D eigenvalue weighted by molar-refractivity contribution is 6.30. The van der Waals surface area contributed by atoms with Crippen LogP contribution in [-0.4, -0.2) is 14.4 Å². The van der Waals surface area contributed by atoms with Crippen molar-refractivity contribution in [2.75, 3.05) is 0 Å². The first-order chi connectivity index (χ1) is 10.4. The second kappa shape index (κ2) is 5.14. The molecule has 22 heavy (non-hydrogen) atoms. The van der Waals surface area contributed by atoms with Crippen LogP contribution in [-0.2, 0) is 0 Å². The lowest BCUT2D eigenvalue weighted by Gasteiger charge is -2.10. The van der Waals surface area contributed by atoms with E-state index in [2.05, 4.69) is 9.97 Å². The van der Waals surface area contributed by atoms with Gasteiger partial charge in [0.05, 0.1) is 10.6 Å². The molecule has 0 saturated heterocycles. The highest BCUT2D eigenvalue weighted by Gasteiger charge is 2.18. The Morgan fingerprint density at radius 1 is 1.14 bits per heavy atom. The molecule has 0 amide bonds. The third-order valence-electron chi connectivity index (χ3n) is 3.49. The van der Waals surface area contributed by atoms with Crippen LogP contribution in [0.15, 0.2) is 29.2 Å². The van der Waals surface area contributed by atoms with Gasteiger partial charge >= 0.3 is 0 Å². The lowest BCUT2D eigenvalue weighted by molar-refractivity contribution is 0.510. The number of aromatic nitrogens is 3. The van der Waals surface area contributed by atoms with Crippen molar-refractivity contribution < 1.29 is 8.78 Å². The van der Waals surface area contributed by atoms with Gasteiger partial charge in [0.2, 0.25) is 0 Å². The van der Waals surface area contributed by atoms with Crippen LogP contribution < -0.4 is 5.56 Å². The summed E-state index contributed by atoms with van der Waals surface area (Å²) in [7, 11) is 0. The topological polar surface area (TPSA) is 47.3 Å². The normalized spacial score (nSPS) is 11.1. The molecule has 0 unspecified atom stereocenters. The van der Waals surface area contributed by atoms with Gasteiger partial charge in [0, 0.05) is 17.5 Å². The zero-order valence-electron chi connectivity index (χ0n) is 11.7. The molecule has 0 atom stereocenters. The Bertz CT molecular complexity index is 969. The lowest BCUT2D eigenvalue weighted by Crippen LogP contribution is -2.21. The molecule has 0 aliphatic heterocycles. The molecule has 0 aliphatic rings. The summed E-state index contributed by atoms with van der Waals surface area (Å²) in [5, 5.41) is -0.334. The van der Waals surface area contributed by atoms with Gasteiger partial charge in [-0.1, -0.05) is 11.6 Å². The van der Waals surface area contributed by atoms with E-state index in [0.717, 1.165) is 4.40 Å². The molecule has 1 aromatic carbocycles. The average molecular weight is 322 g/mol. The molecule has 3 rings (SSSR count). The Labute approximate surface area is 129 Å². The highest BCUT2D eigenvalue weighted by atomic mass is 35.5. The number of hydrogen-bond donors (Lipinski definition) is 0. The molecule has 0 fully saturated rings. The fraction of sp³-hybridized carbons (Fsp3) is 0.133. The summed E-state index contributed by atoms with van der Waals surface area (Å²) < 4.78 is 29.0. The van der Waals surface area contributed by atoms with E-state index < -0.39 is 11.6 Å². The fourth-order valence-corrected chi connectivity index (χ4v) is 2.32. The maximum absolute atomic E-state index is 14.2. The van der Waals surface area contributed by atoms with Gasteiger partial charge in [0.25, 0.3) is 5.56 Å². The maximum Gasteiger partial charge on any atom is 0.262 e. The molecule has 2 aromatic heterocycles.